The van der Waals surface area contributed by atoms with E-state index >= 15 is 0 Å². The van der Waals surface area contributed by atoms with Gasteiger partial charge in [-0.15, -0.1) is 5.10 Å². The van der Waals surface area contributed by atoms with Gasteiger partial charge in [0.05, 0.1) is 11.3 Å². The molecule has 24 heavy (non-hydrogen) atoms. The first-order valence-corrected chi connectivity index (χ1v) is 6.75. The van der Waals surface area contributed by atoms with E-state index in [2.05, 4.69) is 20.8 Å². The number of tetrazole rings is 1. The molecule has 3 rings (SSSR count). The lowest BCUT2D eigenvalue weighted by molar-refractivity contribution is -0.137. The maximum absolute atomic E-state index is 12.7. The van der Waals surface area contributed by atoms with Crippen LogP contribution in [0.4, 0.5) is 18.9 Å². The van der Waals surface area contributed by atoms with Crippen molar-refractivity contribution in [1.82, 2.24) is 20.2 Å². The lowest BCUT2D eigenvalue weighted by Crippen LogP contribution is -2.13. The Morgan fingerprint density at radius 1 is 1.08 bits per heavy atom. The number of carbonyl (C=O) groups excluding carboxylic acids is 1. The van der Waals surface area contributed by atoms with E-state index in [1.165, 1.54) is 35.3 Å². The van der Waals surface area contributed by atoms with Crippen LogP contribution in [0.3, 0.4) is 0 Å². The van der Waals surface area contributed by atoms with Crippen molar-refractivity contribution in [3.8, 4) is 5.69 Å². The smallest absolute Gasteiger partial charge is 0.322 e. The van der Waals surface area contributed by atoms with Crippen molar-refractivity contribution in [1.29, 1.82) is 0 Å². The van der Waals surface area contributed by atoms with Crippen molar-refractivity contribution in [2.24, 2.45) is 0 Å². The number of hydrogen-bond donors (Lipinski definition) is 1. The molecule has 6 nitrogen and oxygen atoms in total. The van der Waals surface area contributed by atoms with Gasteiger partial charge in [0.15, 0.2) is 0 Å². The molecular weight excluding hydrogens is 323 g/mol. The Bertz CT molecular complexity index is 844. The number of alkyl halides is 3. The number of nitrogens with one attached hydrogen (secondary N) is 1. The fraction of sp³-hybridized carbons (Fsp3) is 0.0667. The molecule has 3 aromatic rings. The molecule has 9 heteroatoms. The molecular formula is C15H10F3N5O. The number of aromatic nitrogens is 4. The molecule has 0 saturated carbocycles. The van der Waals surface area contributed by atoms with Crippen LogP contribution in [0.1, 0.15) is 15.9 Å². The normalized spacial score (nSPS) is 11.3. The highest BCUT2D eigenvalue weighted by atomic mass is 19.4. The third-order valence-electron chi connectivity index (χ3n) is 3.19. The summed E-state index contributed by atoms with van der Waals surface area (Å²) in [7, 11) is 0. The van der Waals surface area contributed by atoms with E-state index in [1.54, 1.807) is 12.1 Å². The summed E-state index contributed by atoms with van der Waals surface area (Å²) in [5.74, 6) is -0.516. The van der Waals surface area contributed by atoms with Gasteiger partial charge in [0.1, 0.15) is 6.33 Å². The molecule has 0 aliphatic rings. The zero-order chi connectivity index (χ0) is 17.2. The Kier molecular flexibility index (Phi) is 3.98. The summed E-state index contributed by atoms with van der Waals surface area (Å²) in [6, 6.07) is 10.8. The Morgan fingerprint density at radius 3 is 2.46 bits per heavy atom. The van der Waals surface area contributed by atoms with Gasteiger partial charge in [-0.25, -0.2) is 4.68 Å². The summed E-state index contributed by atoms with van der Waals surface area (Å²) < 4.78 is 39.4. The standard InChI is InChI=1S/C15H10F3N5O/c16-15(17,18)11-2-1-3-12(8-11)20-14(24)10-4-6-13(7-5-10)23-9-19-21-22-23/h1-9H,(H,20,24). The van der Waals surface area contributed by atoms with Gasteiger partial charge in [0.2, 0.25) is 0 Å². The average Bonchev–Trinajstić information content (AvgIpc) is 3.09. The second-order valence-electron chi connectivity index (χ2n) is 4.83. The summed E-state index contributed by atoms with van der Waals surface area (Å²) in [6.07, 6.45) is -3.06. The molecule has 0 atom stereocenters. The predicted octanol–water partition coefficient (Wildman–Crippen LogP) is 2.93. The van der Waals surface area contributed by atoms with Crippen LogP contribution in [0.5, 0.6) is 0 Å². The van der Waals surface area contributed by atoms with Gasteiger partial charge in [-0.3, -0.25) is 4.79 Å². The quantitative estimate of drug-likeness (QED) is 0.800. The fourth-order valence-corrected chi connectivity index (χ4v) is 2.02. The van der Waals surface area contributed by atoms with Crippen LogP contribution in [0, 0.1) is 0 Å². The van der Waals surface area contributed by atoms with Gasteiger partial charge < -0.3 is 5.32 Å². The molecule has 122 valence electrons. The van der Waals surface area contributed by atoms with Crippen LogP contribution in [-0.4, -0.2) is 26.1 Å². The van der Waals surface area contributed by atoms with E-state index in [-0.39, 0.29) is 5.69 Å². The molecule has 2 aromatic carbocycles. The molecule has 0 unspecified atom stereocenters. The molecule has 1 N–H and O–H groups in total. The molecule has 0 saturated heterocycles. The largest absolute Gasteiger partial charge is 0.416 e. The molecule has 0 aliphatic heterocycles. The van der Waals surface area contributed by atoms with Crippen molar-refractivity contribution in [3.05, 3.63) is 66.0 Å². The number of amides is 1. The van der Waals surface area contributed by atoms with Crippen LogP contribution in [0.2, 0.25) is 0 Å². The molecule has 0 bridgehead atoms. The van der Waals surface area contributed by atoms with Crippen LogP contribution in [0.15, 0.2) is 54.9 Å². The number of rotatable bonds is 3. The van der Waals surface area contributed by atoms with Crippen LogP contribution < -0.4 is 5.32 Å². The van der Waals surface area contributed by atoms with Crippen molar-refractivity contribution >= 4 is 11.6 Å². The van der Waals surface area contributed by atoms with Crippen molar-refractivity contribution < 1.29 is 18.0 Å². The minimum absolute atomic E-state index is 0.0689. The lowest BCUT2D eigenvalue weighted by atomic mass is 10.1. The van der Waals surface area contributed by atoms with E-state index in [0.717, 1.165) is 12.1 Å². The molecule has 1 aromatic heterocycles. The highest BCUT2D eigenvalue weighted by Gasteiger charge is 2.30. The van der Waals surface area contributed by atoms with Crippen LogP contribution in [0.25, 0.3) is 5.69 Å². The van der Waals surface area contributed by atoms with Crippen LogP contribution in [-0.2, 0) is 6.18 Å². The monoisotopic (exact) mass is 333 g/mol. The minimum atomic E-state index is -4.46. The first kappa shape index (κ1) is 15.7. The average molecular weight is 333 g/mol. The third kappa shape index (κ3) is 3.40. The van der Waals surface area contributed by atoms with Crippen molar-refractivity contribution in [3.63, 3.8) is 0 Å². The maximum Gasteiger partial charge on any atom is 0.416 e. The van der Waals surface area contributed by atoms with Gasteiger partial charge in [-0.2, -0.15) is 13.2 Å². The predicted molar refractivity (Wildman–Crippen MR) is 78.6 cm³/mol. The number of anilines is 1. The van der Waals surface area contributed by atoms with E-state index < -0.39 is 17.6 Å². The zero-order valence-corrected chi connectivity index (χ0v) is 12.0. The number of benzene rings is 2. The molecule has 0 spiro atoms. The molecule has 0 radical (unpaired) electrons. The summed E-state index contributed by atoms with van der Waals surface area (Å²) >= 11 is 0. The van der Waals surface area contributed by atoms with Crippen LogP contribution >= 0.6 is 0 Å². The number of halogens is 3. The highest BCUT2D eigenvalue weighted by molar-refractivity contribution is 6.04. The summed E-state index contributed by atoms with van der Waals surface area (Å²) in [5.41, 5.74) is 0.188. The van der Waals surface area contributed by atoms with Gasteiger partial charge in [-0.1, -0.05) is 6.07 Å². The summed E-state index contributed by atoms with van der Waals surface area (Å²) in [4.78, 5) is 12.1. The van der Waals surface area contributed by atoms with E-state index in [4.69, 9.17) is 0 Å². The maximum atomic E-state index is 12.7. The zero-order valence-electron chi connectivity index (χ0n) is 12.0. The molecule has 1 amide bonds. The van der Waals surface area contributed by atoms with Gasteiger partial charge in [0, 0.05) is 11.3 Å². The molecule has 1 heterocycles. The molecule has 0 fully saturated rings. The van der Waals surface area contributed by atoms with E-state index in [0.29, 0.717) is 11.3 Å². The van der Waals surface area contributed by atoms with Crippen molar-refractivity contribution in [2.75, 3.05) is 5.32 Å². The number of nitrogens with zero attached hydrogens (tertiary/aromatic N) is 4. The van der Waals surface area contributed by atoms with E-state index in [1.807, 2.05) is 0 Å². The lowest BCUT2D eigenvalue weighted by Gasteiger charge is -2.10. The topological polar surface area (TPSA) is 72.7 Å². The Balaban J connectivity index is 1.76. The van der Waals surface area contributed by atoms with E-state index in [9.17, 15) is 18.0 Å². The first-order chi connectivity index (χ1) is 11.4. The third-order valence-corrected chi connectivity index (χ3v) is 3.19. The molecule has 0 aliphatic carbocycles. The highest BCUT2D eigenvalue weighted by Crippen LogP contribution is 2.30. The summed E-state index contributed by atoms with van der Waals surface area (Å²) in [6.45, 7) is 0. The van der Waals surface area contributed by atoms with Crippen molar-refractivity contribution in [2.45, 2.75) is 6.18 Å². The number of carbonyl (C=O) groups is 1. The van der Waals surface area contributed by atoms with Gasteiger partial charge >= 0.3 is 6.18 Å². The fourth-order valence-electron chi connectivity index (χ4n) is 2.02. The summed E-state index contributed by atoms with van der Waals surface area (Å²) in [5, 5.41) is 13.2. The van der Waals surface area contributed by atoms with Gasteiger partial charge in [0.25, 0.3) is 5.91 Å². The second-order valence-corrected chi connectivity index (χ2v) is 4.83. The SMILES string of the molecule is O=C(Nc1cccc(C(F)(F)F)c1)c1ccc(-n2cnnn2)cc1. The Morgan fingerprint density at radius 2 is 1.83 bits per heavy atom. The minimum Gasteiger partial charge on any atom is -0.322 e. The second kappa shape index (κ2) is 6.11. The Hall–Kier alpha value is -3.23. The first-order valence-electron chi connectivity index (χ1n) is 6.75. The Labute approximate surface area is 133 Å². The van der Waals surface area contributed by atoms with Gasteiger partial charge in [-0.05, 0) is 52.9 Å². The number of hydrogen-bond acceptors (Lipinski definition) is 4.